The molecule has 1 saturated carbocycles. The Morgan fingerprint density at radius 2 is 1.95 bits per heavy atom. The van der Waals surface area contributed by atoms with Crippen molar-refractivity contribution in [2.75, 3.05) is 14.2 Å². The van der Waals surface area contributed by atoms with Gasteiger partial charge >= 0.3 is 0 Å². The number of hydrogen-bond donors (Lipinski definition) is 0. The minimum atomic E-state index is -3.56. The van der Waals surface area contributed by atoms with E-state index in [1.165, 1.54) is 17.8 Å². The molecule has 1 aliphatic carbocycles. The molecule has 2 rings (SSSR count). The molecule has 21 heavy (non-hydrogen) atoms. The minimum absolute atomic E-state index is 0.0770. The summed E-state index contributed by atoms with van der Waals surface area (Å²) in [7, 11) is -0.418. The zero-order valence-corrected chi connectivity index (χ0v) is 14.1. The maximum atomic E-state index is 12.9. The molecule has 1 aromatic carbocycles. The predicted molar refractivity (Wildman–Crippen MR) is 84.4 cm³/mol. The third-order valence-corrected chi connectivity index (χ3v) is 6.37. The Kier molecular flexibility index (Phi) is 5.52. The first-order valence-corrected chi connectivity index (χ1v) is 9.19. The number of rotatable bonds is 5. The molecule has 0 atom stereocenters. The molecular formula is C15H22ClNO3S. The van der Waals surface area contributed by atoms with Crippen molar-refractivity contribution in [3.8, 4) is 5.75 Å². The maximum absolute atomic E-state index is 12.9. The van der Waals surface area contributed by atoms with Gasteiger partial charge in [-0.3, -0.25) is 0 Å². The van der Waals surface area contributed by atoms with Crippen LogP contribution >= 0.6 is 11.6 Å². The van der Waals surface area contributed by atoms with E-state index in [-0.39, 0.29) is 16.8 Å². The molecule has 0 radical (unpaired) electrons. The Morgan fingerprint density at radius 1 is 1.29 bits per heavy atom. The highest BCUT2D eigenvalue weighted by atomic mass is 35.5. The van der Waals surface area contributed by atoms with Crippen LogP contribution in [0, 0.1) is 0 Å². The van der Waals surface area contributed by atoms with Crippen molar-refractivity contribution in [2.24, 2.45) is 0 Å². The fourth-order valence-corrected chi connectivity index (χ4v) is 4.59. The molecule has 0 bridgehead atoms. The van der Waals surface area contributed by atoms with Crippen LogP contribution in [0.2, 0.25) is 0 Å². The van der Waals surface area contributed by atoms with Gasteiger partial charge in [-0.05, 0) is 30.5 Å². The summed E-state index contributed by atoms with van der Waals surface area (Å²) in [6.07, 6.45) is 5.21. The SMILES string of the molecule is COc1ccc(CCl)cc1S(=O)(=O)N(C)C1CCCCC1. The van der Waals surface area contributed by atoms with Crippen molar-refractivity contribution >= 4 is 21.6 Å². The molecule has 0 aromatic heterocycles. The normalized spacial score (nSPS) is 17.1. The van der Waals surface area contributed by atoms with Gasteiger partial charge in [0.2, 0.25) is 10.0 Å². The van der Waals surface area contributed by atoms with E-state index in [0.717, 1.165) is 31.2 Å². The average molecular weight is 332 g/mol. The summed E-state index contributed by atoms with van der Waals surface area (Å²) < 4.78 is 32.5. The number of sulfonamides is 1. The molecule has 0 aliphatic heterocycles. The van der Waals surface area contributed by atoms with Gasteiger partial charge in [0.25, 0.3) is 0 Å². The van der Waals surface area contributed by atoms with Crippen LogP contribution < -0.4 is 4.74 Å². The summed E-state index contributed by atoms with van der Waals surface area (Å²) in [5.74, 6) is 0.645. The van der Waals surface area contributed by atoms with Crippen LogP contribution in [0.5, 0.6) is 5.75 Å². The third kappa shape index (κ3) is 3.52. The van der Waals surface area contributed by atoms with Gasteiger partial charge < -0.3 is 4.74 Å². The first-order chi connectivity index (χ1) is 10.0. The number of benzene rings is 1. The van der Waals surface area contributed by atoms with Crippen molar-refractivity contribution < 1.29 is 13.2 Å². The third-order valence-electron chi connectivity index (χ3n) is 4.13. The van der Waals surface area contributed by atoms with Crippen LogP contribution in [-0.4, -0.2) is 32.9 Å². The fraction of sp³-hybridized carbons (Fsp3) is 0.600. The van der Waals surface area contributed by atoms with Gasteiger partial charge in [0.1, 0.15) is 10.6 Å². The summed E-state index contributed by atoms with van der Waals surface area (Å²) in [5.41, 5.74) is 0.771. The monoisotopic (exact) mass is 331 g/mol. The Labute approximate surface area is 132 Å². The topological polar surface area (TPSA) is 46.6 Å². The minimum Gasteiger partial charge on any atom is -0.495 e. The van der Waals surface area contributed by atoms with E-state index >= 15 is 0 Å². The van der Waals surface area contributed by atoms with E-state index in [1.807, 2.05) is 0 Å². The Balaban J connectivity index is 2.37. The quantitative estimate of drug-likeness (QED) is 0.777. The molecule has 1 fully saturated rings. The molecule has 0 saturated heterocycles. The van der Waals surface area contributed by atoms with Crippen molar-refractivity contribution in [2.45, 2.75) is 48.9 Å². The number of alkyl halides is 1. The molecule has 1 aromatic rings. The highest BCUT2D eigenvalue weighted by Gasteiger charge is 2.31. The lowest BCUT2D eigenvalue weighted by Gasteiger charge is -2.30. The highest BCUT2D eigenvalue weighted by Crippen LogP contribution is 2.31. The van der Waals surface area contributed by atoms with E-state index in [1.54, 1.807) is 25.2 Å². The van der Waals surface area contributed by atoms with Crippen LogP contribution in [0.3, 0.4) is 0 Å². The smallest absolute Gasteiger partial charge is 0.246 e. The first-order valence-electron chi connectivity index (χ1n) is 7.21. The van der Waals surface area contributed by atoms with Crippen molar-refractivity contribution in [1.29, 1.82) is 0 Å². The molecular weight excluding hydrogens is 310 g/mol. The van der Waals surface area contributed by atoms with Gasteiger partial charge in [-0.25, -0.2) is 8.42 Å². The van der Waals surface area contributed by atoms with Gasteiger partial charge in [0.15, 0.2) is 0 Å². The summed E-state index contributed by atoms with van der Waals surface area (Å²) in [5, 5.41) is 0. The molecule has 6 heteroatoms. The standard InChI is InChI=1S/C15H22ClNO3S/c1-17(13-6-4-3-5-7-13)21(18,19)15-10-12(11-16)8-9-14(15)20-2/h8-10,13H,3-7,11H2,1-2H3. The van der Waals surface area contributed by atoms with Gasteiger partial charge in [-0.15, -0.1) is 11.6 Å². The van der Waals surface area contributed by atoms with E-state index in [2.05, 4.69) is 0 Å². The second-order valence-corrected chi connectivity index (χ2v) is 7.67. The van der Waals surface area contributed by atoms with Crippen LogP contribution in [0.1, 0.15) is 37.7 Å². The average Bonchev–Trinajstić information content (AvgIpc) is 2.54. The van der Waals surface area contributed by atoms with E-state index in [9.17, 15) is 8.42 Å². The number of ether oxygens (including phenoxy) is 1. The van der Waals surface area contributed by atoms with Crippen LogP contribution in [0.4, 0.5) is 0 Å². The van der Waals surface area contributed by atoms with Crippen LogP contribution in [0.15, 0.2) is 23.1 Å². The Hall–Kier alpha value is -0.780. The molecule has 0 N–H and O–H groups in total. The summed E-state index contributed by atoms with van der Waals surface area (Å²) in [6, 6.07) is 5.14. The number of methoxy groups -OCH3 is 1. The number of nitrogens with zero attached hydrogens (tertiary/aromatic N) is 1. The van der Waals surface area contributed by atoms with Crippen LogP contribution in [0.25, 0.3) is 0 Å². The maximum Gasteiger partial charge on any atom is 0.246 e. The predicted octanol–water partition coefficient (Wildman–Crippen LogP) is 3.39. The summed E-state index contributed by atoms with van der Waals surface area (Å²) >= 11 is 5.82. The number of halogens is 1. The molecule has 0 spiro atoms. The largest absolute Gasteiger partial charge is 0.495 e. The van der Waals surface area contributed by atoms with E-state index < -0.39 is 10.0 Å². The van der Waals surface area contributed by atoms with E-state index in [0.29, 0.717) is 5.75 Å². The van der Waals surface area contributed by atoms with Crippen molar-refractivity contribution in [3.63, 3.8) is 0 Å². The molecule has 1 aliphatic rings. The van der Waals surface area contributed by atoms with Gasteiger partial charge in [0, 0.05) is 19.0 Å². The molecule has 4 nitrogen and oxygen atoms in total. The van der Waals surface area contributed by atoms with Gasteiger partial charge in [-0.1, -0.05) is 25.3 Å². The lowest BCUT2D eigenvalue weighted by atomic mass is 9.96. The zero-order chi connectivity index (χ0) is 15.5. The highest BCUT2D eigenvalue weighted by molar-refractivity contribution is 7.89. The molecule has 0 heterocycles. The van der Waals surface area contributed by atoms with Gasteiger partial charge in [0.05, 0.1) is 7.11 Å². The lowest BCUT2D eigenvalue weighted by Crippen LogP contribution is -2.38. The molecule has 118 valence electrons. The summed E-state index contributed by atoms with van der Waals surface area (Å²) in [6.45, 7) is 0. The zero-order valence-electron chi connectivity index (χ0n) is 12.5. The van der Waals surface area contributed by atoms with Crippen LogP contribution in [-0.2, 0) is 15.9 Å². The second-order valence-electron chi connectivity index (χ2n) is 5.43. The second kappa shape index (κ2) is 6.99. The Bertz CT molecular complexity index is 583. The summed E-state index contributed by atoms with van der Waals surface area (Å²) in [4.78, 5) is 0.205. The number of hydrogen-bond acceptors (Lipinski definition) is 3. The molecule has 0 unspecified atom stereocenters. The Morgan fingerprint density at radius 3 is 2.52 bits per heavy atom. The van der Waals surface area contributed by atoms with E-state index in [4.69, 9.17) is 16.3 Å². The fourth-order valence-electron chi connectivity index (χ4n) is 2.80. The van der Waals surface area contributed by atoms with Crippen molar-refractivity contribution in [1.82, 2.24) is 4.31 Å². The van der Waals surface area contributed by atoms with Gasteiger partial charge in [-0.2, -0.15) is 4.31 Å². The lowest BCUT2D eigenvalue weighted by molar-refractivity contribution is 0.284. The molecule has 0 amide bonds. The van der Waals surface area contributed by atoms with Crippen molar-refractivity contribution in [3.05, 3.63) is 23.8 Å². The first kappa shape index (κ1) is 16.6.